The maximum absolute atomic E-state index is 5.66. The second kappa shape index (κ2) is 7.31. The van der Waals surface area contributed by atoms with Gasteiger partial charge in [-0.1, -0.05) is 30.4 Å². The highest BCUT2D eigenvalue weighted by Gasteiger charge is 2.21. The van der Waals surface area contributed by atoms with Crippen molar-refractivity contribution in [2.45, 2.75) is 31.9 Å². The summed E-state index contributed by atoms with van der Waals surface area (Å²) in [4.78, 5) is 0. The normalized spacial score (nSPS) is 20.8. The van der Waals surface area contributed by atoms with E-state index >= 15 is 0 Å². The summed E-state index contributed by atoms with van der Waals surface area (Å²) in [6.45, 7) is 3.94. The number of ether oxygens (including phenoxy) is 2. The van der Waals surface area contributed by atoms with Gasteiger partial charge in [-0.3, -0.25) is 0 Å². The van der Waals surface area contributed by atoms with Crippen LogP contribution in [-0.2, 0) is 4.74 Å². The molecule has 1 aliphatic heterocycles. The summed E-state index contributed by atoms with van der Waals surface area (Å²) < 4.78 is 11.0. The number of rotatable bonds is 6. The van der Waals surface area contributed by atoms with Crippen LogP contribution in [0.1, 0.15) is 25.3 Å². The molecule has 1 aromatic rings. The summed E-state index contributed by atoms with van der Waals surface area (Å²) in [5.41, 5.74) is 1.11. The van der Waals surface area contributed by atoms with Gasteiger partial charge in [0.2, 0.25) is 0 Å². The first-order valence-corrected chi connectivity index (χ1v) is 6.96. The van der Waals surface area contributed by atoms with E-state index in [-0.39, 0.29) is 0 Å². The first-order valence-electron chi connectivity index (χ1n) is 6.96. The van der Waals surface area contributed by atoms with Crippen molar-refractivity contribution in [1.29, 1.82) is 0 Å². The molecule has 0 aliphatic carbocycles. The van der Waals surface area contributed by atoms with Crippen molar-refractivity contribution in [2.75, 3.05) is 20.3 Å². The van der Waals surface area contributed by atoms with Crippen LogP contribution in [0.4, 0.5) is 0 Å². The molecule has 0 spiro atoms. The van der Waals surface area contributed by atoms with Crippen LogP contribution in [0.5, 0.6) is 5.75 Å². The van der Waals surface area contributed by atoms with Gasteiger partial charge >= 0.3 is 0 Å². The predicted molar refractivity (Wildman–Crippen MR) is 78.5 cm³/mol. The van der Waals surface area contributed by atoms with Crippen molar-refractivity contribution in [3.05, 3.63) is 35.9 Å². The van der Waals surface area contributed by atoms with Crippen LogP contribution in [0.3, 0.4) is 0 Å². The second-order valence-corrected chi connectivity index (χ2v) is 4.89. The molecule has 1 aliphatic rings. The van der Waals surface area contributed by atoms with Crippen molar-refractivity contribution in [2.24, 2.45) is 0 Å². The molecule has 0 radical (unpaired) electrons. The fraction of sp³-hybridized carbons (Fsp3) is 0.500. The van der Waals surface area contributed by atoms with E-state index in [0.29, 0.717) is 12.1 Å². The summed E-state index contributed by atoms with van der Waals surface area (Å²) in [5.74, 6) is 0.908. The maximum Gasteiger partial charge on any atom is 0.126 e. The van der Waals surface area contributed by atoms with Crippen LogP contribution in [0, 0.1) is 0 Å². The van der Waals surface area contributed by atoms with Gasteiger partial charge in [-0.2, -0.15) is 0 Å². The number of para-hydroxylation sites is 1. The SMILES string of the molecule is COc1ccccc1C=CCNC(C)C1CCCO1. The van der Waals surface area contributed by atoms with Crippen LogP contribution in [-0.4, -0.2) is 32.4 Å². The molecule has 1 heterocycles. The molecule has 2 unspecified atom stereocenters. The summed E-state index contributed by atoms with van der Waals surface area (Å²) in [6.07, 6.45) is 6.95. The van der Waals surface area contributed by atoms with Crippen LogP contribution in [0.15, 0.2) is 30.3 Å². The molecule has 0 saturated carbocycles. The fourth-order valence-corrected chi connectivity index (χ4v) is 2.37. The summed E-state index contributed by atoms with van der Waals surface area (Å²) >= 11 is 0. The average molecular weight is 261 g/mol. The largest absolute Gasteiger partial charge is 0.496 e. The van der Waals surface area contributed by atoms with Crippen molar-refractivity contribution in [3.8, 4) is 5.75 Å². The van der Waals surface area contributed by atoms with E-state index in [1.807, 2.05) is 18.2 Å². The summed E-state index contributed by atoms with van der Waals surface area (Å²) in [7, 11) is 1.70. The van der Waals surface area contributed by atoms with Gasteiger partial charge in [-0.15, -0.1) is 0 Å². The molecule has 0 bridgehead atoms. The van der Waals surface area contributed by atoms with Crippen molar-refractivity contribution in [3.63, 3.8) is 0 Å². The highest BCUT2D eigenvalue weighted by atomic mass is 16.5. The fourth-order valence-electron chi connectivity index (χ4n) is 2.37. The summed E-state index contributed by atoms with van der Waals surface area (Å²) in [5, 5.41) is 3.48. The molecule has 3 heteroatoms. The first kappa shape index (κ1) is 14.1. The molecule has 0 amide bonds. The topological polar surface area (TPSA) is 30.5 Å². The Labute approximate surface area is 115 Å². The third kappa shape index (κ3) is 4.08. The lowest BCUT2D eigenvalue weighted by Crippen LogP contribution is -2.36. The Morgan fingerprint density at radius 1 is 1.47 bits per heavy atom. The smallest absolute Gasteiger partial charge is 0.126 e. The molecule has 1 aromatic carbocycles. The lowest BCUT2D eigenvalue weighted by atomic mass is 10.1. The number of hydrogen-bond donors (Lipinski definition) is 1. The minimum absolute atomic E-state index is 0.375. The lowest BCUT2D eigenvalue weighted by Gasteiger charge is -2.18. The standard InChI is InChI=1S/C16H23NO2/c1-13(15-10-6-12-19-15)17-11-5-8-14-7-3-4-9-16(14)18-2/h3-5,7-9,13,15,17H,6,10-12H2,1-2H3. The Hall–Kier alpha value is -1.32. The van der Waals surface area contributed by atoms with Crippen molar-refractivity contribution >= 4 is 6.08 Å². The van der Waals surface area contributed by atoms with E-state index in [1.165, 1.54) is 12.8 Å². The monoisotopic (exact) mass is 261 g/mol. The number of benzene rings is 1. The molecular weight excluding hydrogens is 238 g/mol. The Kier molecular flexibility index (Phi) is 5.43. The van der Waals surface area contributed by atoms with Gasteiger partial charge in [0, 0.05) is 24.8 Å². The zero-order valence-electron chi connectivity index (χ0n) is 11.8. The second-order valence-electron chi connectivity index (χ2n) is 4.89. The third-order valence-corrected chi connectivity index (χ3v) is 3.52. The zero-order chi connectivity index (χ0) is 13.5. The van der Waals surface area contributed by atoms with E-state index in [2.05, 4.69) is 30.5 Å². The molecule has 2 rings (SSSR count). The number of nitrogens with one attached hydrogen (secondary N) is 1. The quantitative estimate of drug-likeness (QED) is 0.854. The van der Waals surface area contributed by atoms with Gasteiger partial charge in [0.25, 0.3) is 0 Å². The molecular formula is C16H23NO2. The Bertz CT molecular complexity index is 411. The molecule has 1 saturated heterocycles. The van der Waals surface area contributed by atoms with Gasteiger partial charge in [-0.05, 0) is 25.8 Å². The third-order valence-electron chi connectivity index (χ3n) is 3.52. The maximum atomic E-state index is 5.66. The van der Waals surface area contributed by atoms with Gasteiger partial charge in [0.05, 0.1) is 13.2 Å². The average Bonchev–Trinajstić information content (AvgIpc) is 2.98. The molecule has 104 valence electrons. The van der Waals surface area contributed by atoms with Crippen LogP contribution < -0.4 is 10.1 Å². The van der Waals surface area contributed by atoms with E-state index in [9.17, 15) is 0 Å². The molecule has 1 fully saturated rings. The van der Waals surface area contributed by atoms with Crippen molar-refractivity contribution in [1.82, 2.24) is 5.32 Å². The highest BCUT2D eigenvalue weighted by Crippen LogP contribution is 2.18. The van der Waals surface area contributed by atoms with E-state index < -0.39 is 0 Å². The van der Waals surface area contributed by atoms with Crippen LogP contribution >= 0.6 is 0 Å². The number of methoxy groups -OCH3 is 1. The van der Waals surface area contributed by atoms with E-state index in [1.54, 1.807) is 7.11 Å². The number of hydrogen-bond acceptors (Lipinski definition) is 3. The van der Waals surface area contributed by atoms with Gasteiger partial charge < -0.3 is 14.8 Å². The van der Waals surface area contributed by atoms with Gasteiger partial charge in [-0.25, -0.2) is 0 Å². The Balaban J connectivity index is 1.79. The van der Waals surface area contributed by atoms with E-state index in [4.69, 9.17) is 9.47 Å². The predicted octanol–water partition coefficient (Wildman–Crippen LogP) is 2.87. The van der Waals surface area contributed by atoms with Gasteiger partial charge in [0.1, 0.15) is 5.75 Å². The van der Waals surface area contributed by atoms with Crippen LogP contribution in [0.25, 0.3) is 6.08 Å². The van der Waals surface area contributed by atoms with Crippen LogP contribution in [0.2, 0.25) is 0 Å². The molecule has 1 N–H and O–H groups in total. The minimum atomic E-state index is 0.375. The van der Waals surface area contributed by atoms with E-state index in [0.717, 1.165) is 24.5 Å². The van der Waals surface area contributed by atoms with Gasteiger partial charge in [0.15, 0.2) is 0 Å². The Morgan fingerprint density at radius 2 is 2.32 bits per heavy atom. The zero-order valence-corrected chi connectivity index (χ0v) is 11.8. The molecule has 3 nitrogen and oxygen atoms in total. The first-order chi connectivity index (χ1) is 9.31. The summed E-state index contributed by atoms with van der Waals surface area (Å²) in [6, 6.07) is 8.43. The van der Waals surface area contributed by atoms with Crippen molar-refractivity contribution < 1.29 is 9.47 Å². The Morgan fingerprint density at radius 3 is 3.05 bits per heavy atom. The molecule has 2 atom stereocenters. The highest BCUT2D eigenvalue weighted by molar-refractivity contribution is 5.57. The molecule has 0 aromatic heterocycles. The lowest BCUT2D eigenvalue weighted by molar-refractivity contribution is 0.0849. The molecule has 19 heavy (non-hydrogen) atoms. The minimum Gasteiger partial charge on any atom is -0.496 e.